The van der Waals surface area contributed by atoms with E-state index >= 15 is 0 Å². The number of rotatable bonds is 1. The average Bonchev–Trinajstić information content (AvgIpc) is 3.02. The highest BCUT2D eigenvalue weighted by atomic mass is 79.9. The van der Waals surface area contributed by atoms with Crippen molar-refractivity contribution in [1.29, 1.82) is 0 Å². The number of likely N-dealkylation sites (tertiary alicyclic amines) is 1. The molecular formula is C12H15Br2ClN2OS. The van der Waals surface area contributed by atoms with Gasteiger partial charge >= 0.3 is 0 Å². The zero-order valence-electron chi connectivity index (χ0n) is 10.2. The normalized spacial score (nSPS) is 25.9. The second-order valence-corrected chi connectivity index (χ2v) is 8.89. The number of thiophene rings is 1. The number of amides is 1. The maximum atomic E-state index is 12.5. The first-order valence-electron chi connectivity index (χ1n) is 6.05. The molecule has 2 fully saturated rings. The molecule has 1 spiro atoms. The maximum absolute atomic E-state index is 12.5. The zero-order valence-corrected chi connectivity index (χ0v) is 15.1. The van der Waals surface area contributed by atoms with Crippen LogP contribution in [0.3, 0.4) is 0 Å². The van der Waals surface area contributed by atoms with Gasteiger partial charge in [-0.15, -0.1) is 23.7 Å². The fourth-order valence-electron chi connectivity index (χ4n) is 2.91. The molecule has 2 aliphatic rings. The molecule has 2 aliphatic heterocycles. The molecule has 3 heterocycles. The minimum Gasteiger partial charge on any atom is -0.338 e. The Morgan fingerprint density at radius 1 is 1.42 bits per heavy atom. The molecule has 1 aromatic rings. The molecule has 1 atom stereocenters. The van der Waals surface area contributed by atoms with Crippen molar-refractivity contribution in [2.24, 2.45) is 5.41 Å². The molecular weight excluding hydrogens is 415 g/mol. The van der Waals surface area contributed by atoms with E-state index in [1.165, 1.54) is 6.42 Å². The molecule has 1 aromatic heterocycles. The first kappa shape index (κ1) is 15.8. The van der Waals surface area contributed by atoms with Crippen molar-refractivity contribution >= 4 is 61.5 Å². The van der Waals surface area contributed by atoms with Crippen LogP contribution in [0.1, 0.15) is 23.2 Å². The van der Waals surface area contributed by atoms with Crippen LogP contribution in [0.4, 0.5) is 0 Å². The Kier molecular flexibility index (Phi) is 4.99. The molecule has 0 radical (unpaired) electrons. The highest BCUT2D eigenvalue weighted by molar-refractivity contribution is 9.12. The van der Waals surface area contributed by atoms with Gasteiger partial charge in [0.1, 0.15) is 0 Å². The third-order valence-corrected chi connectivity index (χ3v) is 6.28. The average molecular weight is 431 g/mol. The van der Waals surface area contributed by atoms with E-state index in [1.807, 2.05) is 11.0 Å². The van der Waals surface area contributed by atoms with Gasteiger partial charge in [-0.2, -0.15) is 0 Å². The van der Waals surface area contributed by atoms with E-state index < -0.39 is 0 Å². The van der Waals surface area contributed by atoms with Gasteiger partial charge in [-0.1, -0.05) is 0 Å². The van der Waals surface area contributed by atoms with Gasteiger partial charge in [0.25, 0.3) is 5.91 Å². The first-order valence-corrected chi connectivity index (χ1v) is 8.45. The van der Waals surface area contributed by atoms with Crippen molar-refractivity contribution in [3.8, 4) is 0 Å². The molecule has 0 aliphatic carbocycles. The van der Waals surface area contributed by atoms with Crippen LogP contribution in [0.15, 0.2) is 13.6 Å². The summed E-state index contributed by atoms with van der Waals surface area (Å²) in [5.74, 6) is 0.160. The van der Waals surface area contributed by atoms with Crippen LogP contribution in [-0.4, -0.2) is 37.0 Å². The minimum absolute atomic E-state index is 0. The third kappa shape index (κ3) is 3.02. The Balaban J connectivity index is 0.00000133. The van der Waals surface area contributed by atoms with Gasteiger partial charge in [-0.05, 0) is 57.3 Å². The van der Waals surface area contributed by atoms with Gasteiger partial charge in [-0.25, -0.2) is 0 Å². The van der Waals surface area contributed by atoms with E-state index in [4.69, 9.17) is 0 Å². The molecule has 0 bridgehead atoms. The number of nitrogens with one attached hydrogen (secondary N) is 1. The van der Waals surface area contributed by atoms with Crippen LogP contribution in [0.5, 0.6) is 0 Å². The van der Waals surface area contributed by atoms with E-state index in [0.717, 1.165) is 45.7 Å². The van der Waals surface area contributed by atoms with Gasteiger partial charge in [-0.3, -0.25) is 4.79 Å². The van der Waals surface area contributed by atoms with E-state index in [1.54, 1.807) is 11.3 Å². The van der Waals surface area contributed by atoms with Gasteiger partial charge in [0, 0.05) is 25.0 Å². The van der Waals surface area contributed by atoms with E-state index in [9.17, 15) is 4.79 Å². The lowest BCUT2D eigenvalue weighted by Crippen LogP contribution is -2.33. The van der Waals surface area contributed by atoms with Crippen LogP contribution < -0.4 is 5.32 Å². The van der Waals surface area contributed by atoms with Crippen LogP contribution in [0, 0.1) is 5.41 Å². The summed E-state index contributed by atoms with van der Waals surface area (Å²) in [5, 5.41) is 3.42. The molecule has 0 aromatic carbocycles. The second kappa shape index (κ2) is 6.02. The molecule has 1 N–H and O–H groups in total. The number of halogens is 3. The highest BCUT2D eigenvalue weighted by Crippen LogP contribution is 2.38. The number of hydrogen-bond donors (Lipinski definition) is 1. The van der Waals surface area contributed by atoms with Crippen molar-refractivity contribution in [3.63, 3.8) is 0 Å². The number of carbonyl (C=O) groups excluding carboxylic acids is 1. The van der Waals surface area contributed by atoms with Crippen molar-refractivity contribution in [2.45, 2.75) is 12.8 Å². The molecule has 1 amide bonds. The van der Waals surface area contributed by atoms with Crippen LogP contribution in [0.2, 0.25) is 0 Å². The van der Waals surface area contributed by atoms with Crippen molar-refractivity contribution in [2.75, 3.05) is 26.2 Å². The van der Waals surface area contributed by atoms with Gasteiger partial charge in [0.15, 0.2) is 0 Å². The lowest BCUT2D eigenvalue weighted by molar-refractivity contribution is 0.0775. The number of nitrogens with zero attached hydrogens (tertiary/aromatic N) is 1. The monoisotopic (exact) mass is 428 g/mol. The molecule has 1 unspecified atom stereocenters. The summed E-state index contributed by atoms with van der Waals surface area (Å²) < 4.78 is 1.92. The Hall–Kier alpha value is 0.380. The Bertz CT molecular complexity index is 488. The summed E-state index contributed by atoms with van der Waals surface area (Å²) in [4.78, 5) is 14.5. The standard InChI is InChI=1S/C12H14Br2N2OS.ClH/c13-9-5-8(10(14)18-9)11(17)16-4-2-12(7-16)1-3-15-6-12;/h5,15H,1-4,6-7H2;1H. The highest BCUT2D eigenvalue weighted by Gasteiger charge is 2.42. The summed E-state index contributed by atoms with van der Waals surface area (Å²) in [6.45, 7) is 3.94. The Labute approximate surface area is 139 Å². The van der Waals surface area contributed by atoms with E-state index in [0.29, 0.717) is 5.41 Å². The second-order valence-electron chi connectivity index (χ2n) is 5.14. The molecule has 19 heavy (non-hydrogen) atoms. The van der Waals surface area contributed by atoms with E-state index in [2.05, 4.69) is 37.2 Å². The fraction of sp³-hybridized carbons (Fsp3) is 0.583. The summed E-state index contributed by atoms with van der Waals surface area (Å²) in [5.41, 5.74) is 1.13. The Morgan fingerprint density at radius 3 is 2.79 bits per heavy atom. The van der Waals surface area contributed by atoms with Crippen LogP contribution >= 0.6 is 55.6 Å². The first-order chi connectivity index (χ1) is 8.60. The van der Waals surface area contributed by atoms with Crippen LogP contribution in [0.25, 0.3) is 0 Å². The predicted octanol–water partition coefficient (Wildman–Crippen LogP) is 3.52. The Morgan fingerprint density at radius 2 is 2.21 bits per heavy atom. The molecule has 2 saturated heterocycles. The minimum atomic E-state index is 0. The van der Waals surface area contributed by atoms with Gasteiger partial charge in [0.2, 0.25) is 0 Å². The lowest BCUT2D eigenvalue weighted by atomic mass is 9.86. The number of carbonyl (C=O) groups is 1. The third-order valence-electron chi connectivity index (χ3n) is 3.94. The zero-order chi connectivity index (χ0) is 12.8. The van der Waals surface area contributed by atoms with Crippen LogP contribution in [-0.2, 0) is 0 Å². The van der Waals surface area contributed by atoms with Gasteiger partial charge in [0.05, 0.1) is 13.1 Å². The summed E-state index contributed by atoms with van der Waals surface area (Å²) in [6, 6.07) is 1.91. The maximum Gasteiger partial charge on any atom is 0.255 e. The van der Waals surface area contributed by atoms with Crippen molar-refractivity contribution in [3.05, 3.63) is 19.2 Å². The largest absolute Gasteiger partial charge is 0.338 e. The molecule has 7 heteroatoms. The summed E-state index contributed by atoms with van der Waals surface area (Å²) in [6.07, 6.45) is 2.33. The number of hydrogen-bond acceptors (Lipinski definition) is 3. The van der Waals surface area contributed by atoms with Crippen molar-refractivity contribution in [1.82, 2.24) is 10.2 Å². The summed E-state index contributed by atoms with van der Waals surface area (Å²) in [7, 11) is 0. The summed E-state index contributed by atoms with van der Waals surface area (Å²) >= 11 is 8.45. The topological polar surface area (TPSA) is 32.3 Å². The fourth-order valence-corrected chi connectivity index (χ4v) is 5.69. The molecule has 3 rings (SSSR count). The predicted molar refractivity (Wildman–Crippen MR) is 87.4 cm³/mol. The molecule has 3 nitrogen and oxygen atoms in total. The molecule has 106 valence electrons. The SMILES string of the molecule is Cl.O=C(c1cc(Br)sc1Br)N1CCC2(CCNC2)C1. The van der Waals surface area contributed by atoms with E-state index in [-0.39, 0.29) is 18.3 Å². The molecule has 0 saturated carbocycles. The van der Waals surface area contributed by atoms with Crippen molar-refractivity contribution < 1.29 is 4.79 Å². The lowest BCUT2D eigenvalue weighted by Gasteiger charge is -2.22. The smallest absolute Gasteiger partial charge is 0.255 e. The quantitative estimate of drug-likeness (QED) is 0.739. The van der Waals surface area contributed by atoms with Gasteiger partial charge < -0.3 is 10.2 Å².